The predicted molar refractivity (Wildman–Crippen MR) is 88.2 cm³/mol. The van der Waals surface area contributed by atoms with Crippen molar-refractivity contribution in [2.75, 3.05) is 18.5 Å². The third-order valence-corrected chi connectivity index (χ3v) is 4.12. The first kappa shape index (κ1) is 14.3. The van der Waals surface area contributed by atoms with E-state index in [0.29, 0.717) is 11.0 Å². The molecule has 1 aromatic heterocycles. The topological polar surface area (TPSA) is 29.0 Å². The number of benzene rings is 1. The van der Waals surface area contributed by atoms with Crippen molar-refractivity contribution in [1.82, 2.24) is 9.97 Å². The van der Waals surface area contributed by atoms with Gasteiger partial charge in [0.1, 0.15) is 5.15 Å². The lowest BCUT2D eigenvalue weighted by Crippen LogP contribution is -2.14. The summed E-state index contributed by atoms with van der Waals surface area (Å²) in [5, 5.41) is 0.502. The molecule has 0 bridgehead atoms. The summed E-state index contributed by atoms with van der Waals surface area (Å²) >= 11 is 6.19. The van der Waals surface area contributed by atoms with Crippen molar-refractivity contribution in [3.8, 4) is 11.4 Å². The van der Waals surface area contributed by atoms with Gasteiger partial charge in [0.15, 0.2) is 5.82 Å². The van der Waals surface area contributed by atoms with Crippen LogP contribution in [0.1, 0.15) is 32.0 Å². The predicted octanol–water partition coefficient (Wildman–Crippen LogP) is 4.09. The van der Waals surface area contributed by atoms with Crippen LogP contribution in [0.4, 0.5) is 5.69 Å². The van der Waals surface area contributed by atoms with Crippen LogP contribution >= 0.6 is 11.6 Å². The van der Waals surface area contributed by atoms with E-state index in [4.69, 9.17) is 16.6 Å². The van der Waals surface area contributed by atoms with E-state index in [0.717, 1.165) is 24.2 Å². The van der Waals surface area contributed by atoms with Crippen LogP contribution in [0, 0.1) is 0 Å². The molecule has 3 rings (SSSR count). The standard InChI is InChI=1S/C17H20ClN3/c1-17(2,3)14-10-15(18)20-16(19-14)12-5-6-13-11(9-12)7-8-21(13)4/h5-6,9-10H,7-8H2,1-4H3. The average molecular weight is 302 g/mol. The Kier molecular flexibility index (Phi) is 3.40. The number of anilines is 1. The summed E-state index contributed by atoms with van der Waals surface area (Å²) in [4.78, 5) is 11.4. The molecule has 0 saturated heterocycles. The van der Waals surface area contributed by atoms with Crippen molar-refractivity contribution >= 4 is 17.3 Å². The Bertz CT molecular complexity index is 689. The van der Waals surface area contributed by atoms with E-state index < -0.39 is 0 Å². The number of halogens is 1. The molecule has 0 unspecified atom stereocenters. The van der Waals surface area contributed by atoms with Crippen molar-refractivity contribution in [3.05, 3.63) is 40.7 Å². The highest BCUT2D eigenvalue weighted by Gasteiger charge is 2.20. The molecular weight excluding hydrogens is 282 g/mol. The summed E-state index contributed by atoms with van der Waals surface area (Å²) in [6.07, 6.45) is 1.08. The lowest BCUT2D eigenvalue weighted by Gasteiger charge is -2.18. The van der Waals surface area contributed by atoms with Gasteiger partial charge in [0.05, 0.1) is 5.69 Å². The maximum atomic E-state index is 6.19. The molecule has 1 aliphatic heterocycles. The highest BCUT2D eigenvalue weighted by Crippen LogP contribution is 2.31. The van der Waals surface area contributed by atoms with Crippen molar-refractivity contribution in [1.29, 1.82) is 0 Å². The van der Waals surface area contributed by atoms with E-state index in [-0.39, 0.29) is 5.41 Å². The maximum Gasteiger partial charge on any atom is 0.161 e. The van der Waals surface area contributed by atoms with Gasteiger partial charge in [-0.3, -0.25) is 0 Å². The quantitative estimate of drug-likeness (QED) is 0.743. The van der Waals surface area contributed by atoms with Gasteiger partial charge in [0.25, 0.3) is 0 Å². The van der Waals surface area contributed by atoms with Gasteiger partial charge >= 0.3 is 0 Å². The van der Waals surface area contributed by atoms with Crippen LogP contribution in [0.5, 0.6) is 0 Å². The van der Waals surface area contributed by atoms with Crippen molar-refractivity contribution in [2.45, 2.75) is 32.6 Å². The molecule has 0 fully saturated rings. The van der Waals surface area contributed by atoms with Gasteiger partial charge in [-0.1, -0.05) is 32.4 Å². The fraction of sp³-hybridized carbons (Fsp3) is 0.412. The van der Waals surface area contributed by atoms with E-state index in [2.05, 4.69) is 55.9 Å². The van der Waals surface area contributed by atoms with Crippen LogP contribution in [0.2, 0.25) is 5.15 Å². The highest BCUT2D eigenvalue weighted by atomic mass is 35.5. The zero-order chi connectivity index (χ0) is 15.2. The summed E-state index contributed by atoms with van der Waals surface area (Å²) in [7, 11) is 2.12. The third kappa shape index (κ3) is 2.75. The summed E-state index contributed by atoms with van der Waals surface area (Å²) < 4.78 is 0. The van der Waals surface area contributed by atoms with Crippen molar-refractivity contribution in [2.24, 2.45) is 0 Å². The monoisotopic (exact) mass is 301 g/mol. The minimum absolute atomic E-state index is 0.0434. The molecule has 0 saturated carbocycles. The second-order valence-electron chi connectivity index (χ2n) is 6.66. The molecule has 2 heterocycles. The lowest BCUT2D eigenvalue weighted by atomic mass is 9.92. The number of hydrogen-bond donors (Lipinski definition) is 0. The van der Waals surface area contributed by atoms with Gasteiger partial charge in [-0.15, -0.1) is 0 Å². The van der Waals surface area contributed by atoms with E-state index >= 15 is 0 Å². The Morgan fingerprint density at radius 2 is 1.90 bits per heavy atom. The van der Waals surface area contributed by atoms with Gasteiger partial charge in [0.2, 0.25) is 0 Å². The van der Waals surface area contributed by atoms with E-state index in [1.54, 1.807) is 0 Å². The minimum Gasteiger partial charge on any atom is -0.374 e. The second-order valence-corrected chi connectivity index (χ2v) is 7.05. The molecule has 0 spiro atoms. The molecule has 110 valence electrons. The molecule has 0 aliphatic carbocycles. The number of hydrogen-bond acceptors (Lipinski definition) is 3. The Morgan fingerprint density at radius 1 is 1.14 bits per heavy atom. The molecule has 0 amide bonds. The van der Waals surface area contributed by atoms with Crippen LogP contribution in [0.3, 0.4) is 0 Å². The molecule has 2 aromatic rings. The average Bonchev–Trinajstić information content (AvgIpc) is 2.78. The molecule has 21 heavy (non-hydrogen) atoms. The number of aromatic nitrogens is 2. The number of nitrogens with zero attached hydrogens (tertiary/aromatic N) is 3. The molecule has 3 nitrogen and oxygen atoms in total. The second kappa shape index (κ2) is 4.99. The van der Waals surface area contributed by atoms with Gasteiger partial charge < -0.3 is 4.90 Å². The van der Waals surface area contributed by atoms with Crippen molar-refractivity contribution < 1.29 is 0 Å². The molecule has 0 N–H and O–H groups in total. The first-order valence-electron chi connectivity index (χ1n) is 7.24. The minimum atomic E-state index is -0.0434. The smallest absolute Gasteiger partial charge is 0.161 e. The van der Waals surface area contributed by atoms with Crippen LogP contribution in [-0.4, -0.2) is 23.6 Å². The number of rotatable bonds is 1. The van der Waals surface area contributed by atoms with Crippen LogP contribution in [-0.2, 0) is 11.8 Å². The number of likely N-dealkylation sites (N-methyl/N-ethyl adjacent to an activating group) is 1. The zero-order valence-corrected chi connectivity index (χ0v) is 13.7. The van der Waals surface area contributed by atoms with E-state index in [1.807, 2.05) is 6.07 Å². The Hall–Kier alpha value is -1.61. The van der Waals surface area contributed by atoms with E-state index in [9.17, 15) is 0 Å². The lowest BCUT2D eigenvalue weighted by molar-refractivity contribution is 0.568. The van der Waals surface area contributed by atoms with E-state index in [1.165, 1.54) is 11.3 Å². The van der Waals surface area contributed by atoms with Gasteiger partial charge in [-0.25, -0.2) is 9.97 Å². The first-order chi connectivity index (χ1) is 9.84. The Balaban J connectivity index is 2.07. The number of fused-ring (bicyclic) bond motifs is 1. The zero-order valence-electron chi connectivity index (χ0n) is 12.9. The van der Waals surface area contributed by atoms with Gasteiger partial charge in [-0.2, -0.15) is 0 Å². The van der Waals surface area contributed by atoms with Gasteiger partial charge in [-0.05, 0) is 36.2 Å². The summed E-state index contributed by atoms with van der Waals surface area (Å²) in [5.41, 5.74) is 4.62. The Morgan fingerprint density at radius 3 is 2.62 bits per heavy atom. The fourth-order valence-corrected chi connectivity index (χ4v) is 2.82. The Labute approximate surface area is 131 Å². The third-order valence-electron chi connectivity index (χ3n) is 3.93. The molecule has 1 aromatic carbocycles. The SMILES string of the molecule is CN1CCc2cc(-c3nc(Cl)cc(C(C)(C)C)n3)ccc21. The molecule has 0 atom stereocenters. The van der Waals surface area contributed by atoms with Gasteiger partial charge in [0, 0.05) is 30.3 Å². The van der Waals surface area contributed by atoms with Crippen LogP contribution < -0.4 is 4.90 Å². The molecule has 4 heteroatoms. The summed E-state index contributed by atoms with van der Waals surface area (Å²) in [6, 6.07) is 8.28. The molecular formula is C17H20ClN3. The summed E-state index contributed by atoms with van der Waals surface area (Å²) in [6.45, 7) is 7.47. The fourth-order valence-electron chi connectivity index (χ4n) is 2.64. The summed E-state index contributed by atoms with van der Waals surface area (Å²) in [5.74, 6) is 0.713. The largest absolute Gasteiger partial charge is 0.374 e. The molecule has 1 aliphatic rings. The molecule has 0 radical (unpaired) electrons. The van der Waals surface area contributed by atoms with Crippen molar-refractivity contribution in [3.63, 3.8) is 0 Å². The first-order valence-corrected chi connectivity index (χ1v) is 7.62. The maximum absolute atomic E-state index is 6.19. The van der Waals surface area contributed by atoms with Crippen LogP contribution in [0.25, 0.3) is 11.4 Å². The highest BCUT2D eigenvalue weighted by molar-refractivity contribution is 6.29. The van der Waals surface area contributed by atoms with Crippen LogP contribution in [0.15, 0.2) is 24.3 Å². The normalized spacial score (nSPS) is 14.4.